The molecule has 3 heterocycles. The van der Waals surface area contributed by atoms with Crippen molar-refractivity contribution in [3.8, 4) is 5.75 Å². The number of carbonyl (C=O) groups excluding carboxylic acids is 2. The van der Waals surface area contributed by atoms with E-state index in [1.165, 1.54) is 12.7 Å². The molecular weight excluding hydrogens is 432 g/mol. The van der Waals surface area contributed by atoms with Crippen LogP contribution in [0.25, 0.3) is 0 Å². The first-order valence-corrected chi connectivity index (χ1v) is 12.1. The van der Waals surface area contributed by atoms with E-state index in [0.29, 0.717) is 12.0 Å². The summed E-state index contributed by atoms with van der Waals surface area (Å²) in [5.74, 6) is 0.136. The third-order valence-corrected chi connectivity index (χ3v) is 8.42. The minimum Gasteiger partial charge on any atom is -0.497 e. The summed E-state index contributed by atoms with van der Waals surface area (Å²) in [6, 6.07) is 6.26. The van der Waals surface area contributed by atoms with Crippen molar-refractivity contribution in [1.82, 2.24) is 4.90 Å². The predicted molar refractivity (Wildman–Crippen MR) is 129 cm³/mol. The molecule has 1 N–H and O–H groups in total. The number of hydrogen-bond acceptors (Lipinski definition) is 7. The van der Waals surface area contributed by atoms with Crippen LogP contribution in [0, 0.1) is 5.41 Å². The van der Waals surface area contributed by atoms with Gasteiger partial charge in [-0.05, 0) is 71.2 Å². The second kappa shape index (κ2) is 8.15. The third kappa shape index (κ3) is 3.13. The van der Waals surface area contributed by atoms with E-state index in [1.54, 1.807) is 13.2 Å². The Balaban J connectivity index is 1.69. The van der Waals surface area contributed by atoms with Gasteiger partial charge in [0, 0.05) is 35.0 Å². The van der Waals surface area contributed by atoms with E-state index in [0.717, 1.165) is 55.1 Å². The van der Waals surface area contributed by atoms with Gasteiger partial charge in [0.15, 0.2) is 0 Å². The van der Waals surface area contributed by atoms with Crippen LogP contribution in [0.2, 0.25) is 0 Å². The number of fused-ring (bicyclic) bond motifs is 1. The molecule has 1 aromatic carbocycles. The molecule has 4 unspecified atom stereocenters. The number of piperidine rings is 1. The van der Waals surface area contributed by atoms with Gasteiger partial charge in [-0.2, -0.15) is 0 Å². The molecule has 3 aliphatic heterocycles. The number of rotatable bonds is 5. The van der Waals surface area contributed by atoms with Crippen LogP contribution in [-0.4, -0.2) is 56.3 Å². The standard InChI is InChI=1S/C27H34N2O5/c1-16(2)13-22(30)34-17(3)26-9-6-11-29-12-10-27(25(26)29)20-8-7-18(32-4)14-21(20)28-23(27)19(15-26)24(31)33-5/h7-8,13-14,17,25,28H,6,9-12,15H2,1-5H3. The van der Waals surface area contributed by atoms with E-state index < -0.39 is 5.41 Å². The second-order valence-corrected chi connectivity index (χ2v) is 10.4. The molecule has 182 valence electrons. The molecule has 1 aromatic rings. The van der Waals surface area contributed by atoms with E-state index in [-0.39, 0.29) is 29.5 Å². The maximum Gasteiger partial charge on any atom is 0.335 e. The van der Waals surface area contributed by atoms with Gasteiger partial charge in [-0.1, -0.05) is 11.6 Å². The van der Waals surface area contributed by atoms with E-state index in [4.69, 9.17) is 14.2 Å². The lowest BCUT2D eigenvalue weighted by Gasteiger charge is -2.57. The third-order valence-electron chi connectivity index (χ3n) is 8.42. The van der Waals surface area contributed by atoms with E-state index >= 15 is 0 Å². The van der Waals surface area contributed by atoms with Gasteiger partial charge in [0.2, 0.25) is 0 Å². The Kier molecular flexibility index (Phi) is 5.51. The number of allylic oxidation sites excluding steroid dienone is 1. The van der Waals surface area contributed by atoms with Crippen LogP contribution in [0.5, 0.6) is 5.75 Å². The summed E-state index contributed by atoms with van der Waals surface area (Å²) in [6.07, 6.45) is 4.49. The van der Waals surface area contributed by atoms with Crippen molar-refractivity contribution < 1.29 is 23.8 Å². The van der Waals surface area contributed by atoms with Crippen molar-refractivity contribution in [2.45, 2.75) is 64.0 Å². The largest absolute Gasteiger partial charge is 0.497 e. The van der Waals surface area contributed by atoms with Gasteiger partial charge < -0.3 is 19.5 Å². The van der Waals surface area contributed by atoms with Crippen molar-refractivity contribution in [2.75, 3.05) is 32.6 Å². The number of ether oxygens (including phenoxy) is 3. The highest BCUT2D eigenvalue weighted by Gasteiger charge is 2.68. The highest BCUT2D eigenvalue weighted by atomic mass is 16.5. The fraction of sp³-hybridized carbons (Fsp3) is 0.556. The number of nitrogens with zero attached hydrogens (tertiary/aromatic N) is 1. The van der Waals surface area contributed by atoms with Gasteiger partial charge in [-0.25, -0.2) is 9.59 Å². The average molecular weight is 467 g/mol. The molecule has 4 atom stereocenters. The molecule has 0 amide bonds. The predicted octanol–water partition coefficient (Wildman–Crippen LogP) is 3.94. The van der Waals surface area contributed by atoms with Gasteiger partial charge in [0.1, 0.15) is 11.9 Å². The molecular formula is C27H34N2O5. The molecule has 34 heavy (non-hydrogen) atoms. The minimum absolute atomic E-state index is 0.119. The first-order valence-electron chi connectivity index (χ1n) is 12.1. The Labute approximate surface area is 201 Å². The van der Waals surface area contributed by atoms with E-state index in [9.17, 15) is 9.59 Å². The number of hydrogen-bond donors (Lipinski definition) is 1. The molecule has 2 saturated heterocycles. The molecule has 0 bridgehead atoms. The van der Waals surface area contributed by atoms with Gasteiger partial charge in [-0.15, -0.1) is 0 Å². The Morgan fingerprint density at radius 1 is 1.21 bits per heavy atom. The number of anilines is 1. The zero-order chi connectivity index (χ0) is 24.3. The first kappa shape index (κ1) is 23.0. The maximum absolute atomic E-state index is 13.2. The highest BCUT2D eigenvalue weighted by Crippen LogP contribution is 2.65. The molecule has 7 nitrogen and oxygen atoms in total. The van der Waals surface area contributed by atoms with Crippen LogP contribution in [-0.2, 0) is 24.5 Å². The molecule has 0 saturated carbocycles. The average Bonchev–Trinajstić information content (AvgIpc) is 3.37. The minimum atomic E-state index is -0.393. The van der Waals surface area contributed by atoms with Crippen molar-refractivity contribution in [2.24, 2.45) is 5.41 Å². The van der Waals surface area contributed by atoms with Gasteiger partial charge >= 0.3 is 11.9 Å². The molecule has 5 rings (SSSR count). The van der Waals surface area contributed by atoms with Crippen molar-refractivity contribution in [3.05, 3.63) is 46.7 Å². The quantitative estimate of drug-likeness (QED) is 0.520. The zero-order valence-electron chi connectivity index (χ0n) is 20.7. The summed E-state index contributed by atoms with van der Waals surface area (Å²) in [4.78, 5) is 28.4. The first-order chi connectivity index (χ1) is 16.3. The normalized spacial score (nSPS) is 29.9. The Morgan fingerprint density at radius 2 is 2.00 bits per heavy atom. The maximum atomic E-state index is 13.2. The smallest absolute Gasteiger partial charge is 0.335 e. The van der Waals surface area contributed by atoms with Gasteiger partial charge in [0.05, 0.1) is 25.2 Å². The molecule has 4 aliphatic rings. The van der Waals surface area contributed by atoms with Crippen molar-refractivity contribution in [1.29, 1.82) is 0 Å². The fourth-order valence-electron chi connectivity index (χ4n) is 7.18. The summed E-state index contributed by atoms with van der Waals surface area (Å²) in [5, 5.41) is 3.61. The van der Waals surface area contributed by atoms with Crippen LogP contribution in [0.4, 0.5) is 5.69 Å². The summed E-state index contributed by atoms with van der Waals surface area (Å²) < 4.78 is 16.8. The van der Waals surface area contributed by atoms with Crippen LogP contribution in [0.3, 0.4) is 0 Å². The molecule has 1 aliphatic carbocycles. The monoisotopic (exact) mass is 466 g/mol. The second-order valence-electron chi connectivity index (χ2n) is 10.4. The molecule has 7 heteroatoms. The van der Waals surface area contributed by atoms with Crippen LogP contribution in [0.15, 0.2) is 41.1 Å². The molecule has 2 fully saturated rings. The van der Waals surface area contributed by atoms with Crippen LogP contribution >= 0.6 is 0 Å². The lowest BCUT2D eigenvalue weighted by atomic mass is 9.53. The molecule has 0 aromatic heterocycles. The number of nitrogens with one attached hydrogen (secondary N) is 1. The van der Waals surface area contributed by atoms with Crippen LogP contribution in [0.1, 0.15) is 52.0 Å². The summed E-state index contributed by atoms with van der Waals surface area (Å²) in [6.45, 7) is 7.72. The summed E-state index contributed by atoms with van der Waals surface area (Å²) in [5.41, 5.74) is 3.93. The SMILES string of the molecule is COC(=O)C1=C2Nc3cc(OC)ccc3C23CCN2CCCC(C(C)OC(=O)C=C(C)C)(C1)C23. The molecule has 0 radical (unpaired) electrons. The zero-order valence-corrected chi connectivity index (χ0v) is 20.7. The van der Waals surface area contributed by atoms with E-state index in [2.05, 4.69) is 16.3 Å². The number of methoxy groups -OCH3 is 2. The van der Waals surface area contributed by atoms with E-state index in [1.807, 2.05) is 32.9 Å². The number of esters is 2. The van der Waals surface area contributed by atoms with Crippen molar-refractivity contribution in [3.63, 3.8) is 0 Å². The lowest BCUT2D eigenvalue weighted by molar-refractivity contribution is -0.158. The van der Waals surface area contributed by atoms with Crippen molar-refractivity contribution >= 4 is 17.6 Å². The van der Waals surface area contributed by atoms with Crippen LogP contribution < -0.4 is 10.1 Å². The summed E-state index contributed by atoms with van der Waals surface area (Å²) in [7, 11) is 3.10. The van der Waals surface area contributed by atoms with Gasteiger partial charge in [0.25, 0.3) is 0 Å². The number of benzene rings is 1. The Hall–Kier alpha value is -2.80. The van der Waals surface area contributed by atoms with Gasteiger partial charge in [-0.3, -0.25) is 4.90 Å². The summed E-state index contributed by atoms with van der Waals surface area (Å²) >= 11 is 0. The Morgan fingerprint density at radius 3 is 2.71 bits per heavy atom. The highest BCUT2D eigenvalue weighted by molar-refractivity contribution is 5.93. The number of carbonyl (C=O) groups is 2. The molecule has 1 spiro atoms. The Bertz CT molecular complexity index is 1100. The topological polar surface area (TPSA) is 77.1 Å². The fourth-order valence-corrected chi connectivity index (χ4v) is 7.18. The lowest BCUT2D eigenvalue weighted by Crippen LogP contribution is -2.64.